The van der Waals surface area contributed by atoms with Crippen molar-refractivity contribution in [3.8, 4) is 5.69 Å². The molecule has 0 aliphatic carbocycles. The molecule has 2 rings (SSSR count). The highest BCUT2D eigenvalue weighted by Crippen LogP contribution is 2.09. The van der Waals surface area contributed by atoms with Crippen LogP contribution in [0, 0.1) is 0 Å². The molecule has 18 heavy (non-hydrogen) atoms. The molecule has 1 aromatic heterocycles. The van der Waals surface area contributed by atoms with Gasteiger partial charge in [-0.25, -0.2) is 14.9 Å². The van der Waals surface area contributed by atoms with Crippen molar-refractivity contribution in [2.75, 3.05) is 0 Å². The molecule has 8 nitrogen and oxygen atoms in total. The predicted octanol–water partition coefficient (Wildman–Crippen LogP) is 0.0546. The van der Waals surface area contributed by atoms with Gasteiger partial charge in [0.15, 0.2) is 0 Å². The SMILES string of the molecule is C/C(=N/NC(N)=O)c1cccc(-n2cnnn2)c1. The van der Waals surface area contributed by atoms with Gasteiger partial charge in [-0.05, 0) is 35.0 Å². The number of aromatic nitrogens is 4. The van der Waals surface area contributed by atoms with Crippen LogP contribution >= 0.6 is 0 Å². The standard InChI is InChI=1S/C10H11N7O/c1-7(13-14-10(11)18)8-3-2-4-9(5-8)17-6-12-15-16-17/h2-6H,1H3,(H3,11,14,18)/b13-7-. The van der Waals surface area contributed by atoms with Crippen LogP contribution in [0.4, 0.5) is 4.79 Å². The lowest BCUT2D eigenvalue weighted by Crippen LogP contribution is -2.25. The number of carbonyl (C=O) groups excluding carboxylic acids is 1. The molecule has 0 saturated carbocycles. The summed E-state index contributed by atoms with van der Waals surface area (Å²) in [5, 5.41) is 14.8. The minimum absolute atomic E-state index is 0.628. The summed E-state index contributed by atoms with van der Waals surface area (Å²) in [5.74, 6) is 0. The molecule has 0 radical (unpaired) electrons. The van der Waals surface area contributed by atoms with E-state index >= 15 is 0 Å². The van der Waals surface area contributed by atoms with Crippen molar-refractivity contribution < 1.29 is 4.79 Å². The molecule has 0 aliphatic rings. The maximum Gasteiger partial charge on any atom is 0.332 e. The van der Waals surface area contributed by atoms with Crippen LogP contribution in [-0.4, -0.2) is 32.0 Å². The van der Waals surface area contributed by atoms with Gasteiger partial charge in [-0.1, -0.05) is 12.1 Å². The van der Waals surface area contributed by atoms with E-state index < -0.39 is 6.03 Å². The summed E-state index contributed by atoms with van der Waals surface area (Å²) in [5.41, 5.74) is 9.37. The van der Waals surface area contributed by atoms with Crippen LogP contribution in [0.2, 0.25) is 0 Å². The second-order valence-electron chi connectivity index (χ2n) is 3.48. The normalized spacial score (nSPS) is 11.3. The van der Waals surface area contributed by atoms with Crippen LogP contribution in [0.1, 0.15) is 12.5 Å². The van der Waals surface area contributed by atoms with E-state index in [4.69, 9.17) is 5.73 Å². The van der Waals surface area contributed by atoms with Crippen molar-refractivity contribution in [1.82, 2.24) is 25.6 Å². The Morgan fingerprint density at radius 2 is 2.33 bits per heavy atom. The minimum Gasteiger partial charge on any atom is -0.350 e. The summed E-state index contributed by atoms with van der Waals surface area (Å²) < 4.78 is 1.53. The average Bonchev–Trinajstić information content (AvgIpc) is 2.90. The van der Waals surface area contributed by atoms with Crippen molar-refractivity contribution >= 4 is 11.7 Å². The molecule has 2 aromatic rings. The van der Waals surface area contributed by atoms with Crippen LogP contribution in [0.3, 0.4) is 0 Å². The third-order valence-electron chi connectivity index (χ3n) is 2.21. The molecule has 0 aliphatic heterocycles. The number of tetrazole rings is 1. The zero-order chi connectivity index (χ0) is 13.0. The van der Waals surface area contributed by atoms with Gasteiger partial charge >= 0.3 is 6.03 Å². The third kappa shape index (κ3) is 2.67. The highest BCUT2D eigenvalue weighted by atomic mass is 16.2. The van der Waals surface area contributed by atoms with E-state index in [2.05, 4.69) is 26.1 Å². The quantitative estimate of drug-likeness (QED) is 0.588. The molecule has 0 saturated heterocycles. The van der Waals surface area contributed by atoms with Crippen LogP contribution in [-0.2, 0) is 0 Å². The van der Waals surface area contributed by atoms with Gasteiger partial charge in [0.05, 0.1) is 11.4 Å². The molecule has 8 heteroatoms. The molecule has 0 bridgehead atoms. The van der Waals surface area contributed by atoms with Gasteiger partial charge in [0.25, 0.3) is 0 Å². The van der Waals surface area contributed by atoms with E-state index in [-0.39, 0.29) is 0 Å². The lowest BCUT2D eigenvalue weighted by molar-refractivity contribution is 0.249. The van der Waals surface area contributed by atoms with E-state index in [1.807, 2.05) is 24.3 Å². The molecule has 1 heterocycles. The van der Waals surface area contributed by atoms with Crippen LogP contribution < -0.4 is 11.2 Å². The van der Waals surface area contributed by atoms with Gasteiger partial charge < -0.3 is 5.73 Å². The number of nitrogens with one attached hydrogen (secondary N) is 1. The number of nitrogens with two attached hydrogens (primary N) is 1. The second kappa shape index (κ2) is 5.04. The van der Waals surface area contributed by atoms with Gasteiger partial charge in [-0.15, -0.1) is 5.10 Å². The Labute approximate surface area is 102 Å². The molecule has 3 N–H and O–H groups in total. The monoisotopic (exact) mass is 245 g/mol. The molecule has 92 valence electrons. The summed E-state index contributed by atoms with van der Waals surface area (Å²) in [6.45, 7) is 1.76. The van der Waals surface area contributed by atoms with E-state index in [9.17, 15) is 4.79 Å². The smallest absolute Gasteiger partial charge is 0.332 e. The van der Waals surface area contributed by atoms with Gasteiger partial charge in [0, 0.05) is 0 Å². The van der Waals surface area contributed by atoms with Crippen LogP contribution in [0.25, 0.3) is 5.69 Å². The molecular formula is C10H11N7O. The molecular weight excluding hydrogens is 234 g/mol. The Morgan fingerprint density at radius 3 is 3.00 bits per heavy atom. The fourth-order valence-electron chi connectivity index (χ4n) is 1.36. The fraction of sp³-hybridized carbons (Fsp3) is 0.100. The lowest BCUT2D eigenvalue weighted by atomic mass is 10.1. The van der Waals surface area contributed by atoms with Gasteiger partial charge in [0.2, 0.25) is 0 Å². The number of carbonyl (C=O) groups is 1. The zero-order valence-electron chi connectivity index (χ0n) is 9.61. The first-order chi connectivity index (χ1) is 8.66. The number of benzene rings is 1. The topological polar surface area (TPSA) is 111 Å². The Bertz CT molecular complexity index is 576. The molecule has 0 atom stereocenters. The van der Waals surface area contributed by atoms with Gasteiger partial charge in [-0.3, -0.25) is 0 Å². The third-order valence-corrected chi connectivity index (χ3v) is 2.21. The predicted molar refractivity (Wildman–Crippen MR) is 64.1 cm³/mol. The first-order valence-electron chi connectivity index (χ1n) is 5.10. The number of hydrogen-bond donors (Lipinski definition) is 2. The lowest BCUT2D eigenvalue weighted by Gasteiger charge is -2.04. The first-order valence-corrected chi connectivity index (χ1v) is 5.10. The summed E-state index contributed by atoms with van der Waals surface area (Å²) in [6.07, 6.45) is 1.49. The number of primary amides is 1. The number of hydrogen-bond acceptors (Lipinski definition) is 5. The molecule has 0 spiro atoms. The van der Waals surface area contributed by atoms with Crippen molar-refractivity contribution in [3.63, 3.8) is 0 Å². The highest BCUT2D eigenvalue weighted by molar-refractivity contribution is 5.99. The summed E-state index contributed by atoms with van der Waals surface area (Å²) in [7, 11) is 0. The van der Waals surface area contributed by atoms with Gasteiger partial charge in [0.1, 0.15) is 6.33 Å². The van der Waals surface area contributed by atoms with Crippen molar-refractivity contribution in [2.45, 2.75) is 6.92 Å². The number of hydrazone groups is 1. The molecule has 0 unspecified atom stereocenters. The number of nitrogens with zero attached hydrogens (tertiary/aromatic N) is 5. The summed E-state index contributed by atoms with van der Waals surface area (Å²) >= 11 is 0. The average molecular weight is 245 g/mol. The second-order valence-corrected chi connectivity index (χ2v) is 3.48. The van der Waals surface area contributed by atoms with E-state index in [0.29, 0.717) is 5.71 Å². The van der Waals surface area contributed by atoms with E-state index in [1.54, 1.807) is 6.92 Å². The highest BCUT2D eigenvalue weighted by Gasteiger charge is 2.02. The Balaban J connectivity index is 2.27. The first kappa shape index (κ1) is 11.7. The number of rotatable bonds is 3. The Morgan fingerprint density at radius 1 is 1.50 bits per heavy atom. The Hall–Kier alpha value is -2.77. The molecule has 1 aromatic carbocycles. The number of urea groups is 1. The minimum atomic E-state index is -0.703. The molecule has 2 amide bonds. The van der Waals surface area contributed by atoms with Gasteiger partial charge in [-0.2, -0.15) is 5.10 Å². The Kier molecular flexibility index (Phi) is 3.28. The van der Waals surface area contributed by atoms with Crippen LogP contribution in [0.15, 0.2) is 35.7 Å². The summed E-state index contributed by atoms with van der Waals surface area (Å²) in [6, 6.07) is 6.70. The van der Waals surface area contributed by atoms with Crippen molar-refractivity contribution in [2.24, 2.45) is 10.8 Å². The zero-order valence-corrected chi connectivity index (χ0v) is 9.61. The largest absolute Gasteiger partial charge is 0.350 e. The maximum absolute atomic E-state index is 10.6. The van der Waals surface area contributed by atoms with Crippen LogP contribution in [0.5, 0.6) is 0 Å². The fourth-order valence-corrected chi connectivity index (χ4v) is 1.36. The number of amides is 2. The van der Waals surface area contributed by atoms with Crippen molar-refractivity contribution in [1.29, 1.82) is 0 Å². The maximum atomic E-state index is 10.6. The van der Waals surface area contributed by atoms with E-state index in [1.165, 1.54) is 11.0 Å². The summed E-state index contributed by atoms with van der Waals surface area (Å²) in [4.78, 5) is 10.6. The van der Waals surface area contributed by atoms with E-state index in [0.717, 1.165) is 11.3 Å². The molecule has 0 fully saturated rings. The van der Waals surface area contributed by atoms with Crippen molar-refractivity contribution in [3.05, 3.63) is 36.2 Å².